The number of carbonyl (C=O) groups excluding carboxylic acids is 1. The van der Waals surface area contributed by atoms with Gasteiger partial charge in [-0.05, 0) is 37.1 Å². The van der Waals surface area contributed by atoms with Gasteiger partial charge in [0.25, 0.3) is 0 Å². The van der Waals surface area contributed by atoms with Crippen LogP contribution in [0.3, 0.4) is 0 Å². The Bertz CT molecular complexity index is 309. The predicted octanol–water partition coefficient (Wildman–Crippen LogP) is 3.30. The summed E-state index contributed by atoms with van der Waals surface area (Å²) in [5, 5.41) is 3.40. The van der Waals surface area contributed by atoms with Crippen LogP contribution in [0.25, 0.3) is 0 Å². The van der Waals surface area contributed by atoms with Gasteiger partial charge in [-0.2, -0.15) is 0 Å². The molecule has 0 saturated carbocycles. The molecular formula is C17H34N2O. The first-order valence-corrected chi connectivity index (χ1v) is 8.22. The fraction of sp³-hybridized carbons (Fsp3) is 0.941. The van der Waals surface area contributed by atoms with E-state index >= 15 is 0 Å². The topological polar surface area (TPSA) is 32.3 Å². The smallest absolute Gasteiger partial charge is 0.222 e. The molecule has 0 bridgehead atoms. The largest absolute Gasteiger partial charge is 0.342 e. The van der Waals surface area contributed by atoms with E-state index in [2.05, 4.69) is 44.8 Å². The van der Waals surface area contributed by atoms with Gasteiger partial charge >= 0.3 is 0 Å². The number of rotatable bonds is 5. The van der Waals surface area contributed by atoms with Gasteiger partial charge in [-0.25, -0.2) is 0 Å². The number of hydrogen-bond donors (Lipinski definition) is 1. The maximum atomic E-state index is 12.5. The van der Waals surface area contributed by atoms with Crippen molar-refractivity contribution in [2.24, 2.45) is 17.3 Å². The third kappa shape index (κ3) is 5.43. The monoisotopic (exact) mass is 282 g/mol. The average Bonchev–Trinajstić information content (AvgIpc) is 2.35. The molecule has 1 saturated heterocycles. The molecule has 1 fully saturated rings. The molecule has 118 valence electrons. The minimum atomic E-state index is 0.310. The molecule has 1 aliphatic heterocycles. The zero-order valence-corrected chi connectivity index (χ0v) is 14.3. The second kappa shape index (κ2) is 7.44. The lowest BCUT2D eigenvalue weighted by molar-refractivity contribution is -0.134. The molecule has 0 aliphatic carbocycles. The van der Waals surface area contributed by atoms with Gasteiger partial charge in [0.05, 0.1) is 0 Å². The molecule has 3 nitrogen and oxygen atoms in total. The van der Waals surface area contributed by atoms with Crippen molar-refractivity contribution >= 4 is 5.91 Å². The van der Waals surface area contributed by atoms with Crippen LogP contribution >= 0.6 is 0 Å². The second-order valence-corrected chi connectivity index (χ2v) is 7.77. The van der Waals surface area contributed by atoms with Crippen LogP contribution in [0.15, 0.2) is 0 Å². The summed E-state index contributed by atoms with van der Waals surface area (Å²) in [7, 11) is 2.04. The van der Waals surface area contributed by atoms with Crippen molar-refractivity contribution in [2.75, 3.05) is 20.1 Å². The number of carbonyl (C=O) groups is 1. The zero-order chi connectivity index (χ0) is 15.3. The van der Waals surface area contributed by atoms with Crippen LogP contribution in [0.2, 0.25) is 0 Å². The summed E-state index contributed by atoms with van der Waals surface area (Å²) < 4.78 is 0. The molecular weight excluding hydrogens is 248 g/mol. The molecule has 3 atom stereocenters. The first-order valence-electron chi connectivity index (χ1n) is 8.22. The number of amides is 1. The first kappa shape index (κ1) is 17.5. The van der Waals surface area contributed by atoms with Crippen LogP contribution in [-0.2, 0) is 4.79 Å². The molecule has 1 amide bonds. The van der Waals surface area contributed by atoms with Gasteiger partial charge in [-0.15, -0.1) is 0 Å². The Morgan fingerprint density at radius 1 is 1.40 bits per heavy atom. The van der Waals surface area contributed by atoms with Gasteiger partial charge in [0, 0.05) is 25.6 Å². The van der Waals surface area contributed by atoms with Crippen molar-refractivity contribution < 1.29 is 4.79 Å². The molecule has 3 unspecified atom stereocenters. The summed E-state index contributed by atoms with van der Waals surface area (Å²) in [5.74, 6) is 1.44. The Balaban J connectivity index is 2.48. The number of piperidine rings is 1. The van der Waals surface area contributed by atoms with E-state index in [-0.39, 0.29) is 0 Å². The van der Waals surface area contributed by atoms with Crippen molar-refractivity contribution in [3.05, 3.63) is 0 Å². The van der Waals surface area contributed by atoms with E-state index in [1.165, 1.54) is 0 Å². The molecule has 3 heteroatoms. The van der Waals surface area contributed by atoms with E-state index < -0.39 is 0 Å². The lowest BCUT2D eigenvalue weighted by atomic mass is 9.83. The van der Waals surface area contributed by atoms with Gasteiger partial charge in [-0.1, -0.05) is 41.0 Å². The molecule has 0 aromatic heterocycles. The van der Waals surface area contributed by atoms with E-state index in [9.17, 15) is 4.79 Å². The highest BCUT2D eigenvalue weighted by molar-refractivity contribution is 5.76. The summed E-state index contributed by atoms with van der Waals surface area (Å²) in [6.45, 7) is 13.0. The second-order valence-electron chi connectivity index (χ2n) is 7.77. The Hall–Kier alpha value is -0.570. The molecule has 1 rings (SSSR count). The van der Waals surface area contributed by atoms with Crippen molar-refractivity contribution in [3.8, 4) is 0 Å². The maximum absolute atomic E-state index is 12.5. The zero-order valence-electron chi connectivity index (χ0n) is 14.3. The third-order valence-corrected chi connectivity index (χ3v) is 4.47. The molecule has 20 heavy (non-hydrogen) atoms. The highest BCUT2D eigenvalue weighted by atomic mass is 16.2. The molecule has 0 radical (unpaired) electrons. The summed E-state index contributed by atoms with van der Waals surface area (Å²) in [6, 6.07) is 0.580. The van der Waals surface area contributed by atoms with Crippen LogP contribution in [0.5, 0.6) is 0 Å². The normalized spacial score (nSPS) is 25.6. The standard InChI is InChI=1S/C17H34N2O/c1-7-14-12-19(9-8-15(14)18-6)16(20)10-13(2)11-17(3,4)5/h13-15,18H,7-12H2,1-6H3. The van der Waals surface area contributed by atoms with Crippen molar-refractivity contribution in [1.82, 2.24) is 10.2 Å². The van der Waals surface area contributed by atoms with E-state index in [0.717, 1.165) is 32.4 Å². The Morgan fingerprint density at radius 2 is 2.05 bits per heavy atom. The lowest BCUT2D eigenvalue weighted by Crippen LogP contribution is -2.50. The minimum absolute atomic E-state index is 0.310. The Kier molecular flexibility index (Phi) is 6.50. The first-order chi connectivity index (χ1) is 9.26. The van der Waals surface area contributed by atoms with Crippen LogP contribution in [-0.4, -0.2) is 37.0 Å². The Labute approximate surface area is 125 Å². The summed E-state index contributed by atoms with van der Waals surface area (Å²) >= 11 is 0. The molecule has 1 heterocycles. The molecule has 0 aromatic carbocycles. The molecule has 1 aliphatic rings. The summed E-state index contributed by atoms with van der Waals surface area (Å²) in [6.07, 6.45) is 4.06. The SMILES string of the molecule is CCC1CN(C(=O)CC(C)CC(C)(C)C)CCC1NC. The van der Waals surface area contributed by atoms with E-state index in [0.29, 0.717) is 35.6 Å². The highest BCUT2D eigenvalue weighted by Gasteiger charge is 2.30. The van der Waals surface area contributed by atoms with Gasteiger partial charge < -0.3 is 10.2 Å². The van der Waals surface area contributed by atoms with Crippen molar-refractivity contribution in [1.29, 1.82) is 0 Å². The van der Waals surface area contributed by atoms with E-state index in [1.807, 2.05) is 7.05 Å². The summed E-state index contributed by atoms with van der Waals surface area (Å²) in [4.78, 5) is 14.6. The fourth-order valence-electron chi connectivity index (χ4n) is 3.60. The van der Waals surface area contributed by atoms with E-state index in [1.54, 1.807) is 0 Å². The van der Waals surface area contributed by atoms with Crippen LogP contribution in [0.4, 0.5) is 0 Å². The number of nitrogens with one attached hydrogen (secondary N) is 1. The highest BCUT2D eigenvalue weighted by Crippen LogP contribution is 2.27. The Morgan fingerprint density at radius 3 is 2.55 bits per heavy atom. The van der Waals surface area contributed by atoms with Crippen LogP contribution < -0.4 is 5.32 Å². The number of likely N-dealkylation sites (tertiary alicyclic amines) is 1. The maximum Gasteiger partial charge on any atom is 0.222 e. The summed E-state index contributed by atoms with van der Waals surface area (Å²) in [5.41, 5.74) is 0.310. The third-order valence-electron chi connectivity index (χ3n) is 4.47. The average molecular weight is 282 g/mol. The predicted molar refractivity (Wildman–Crippen MR) is 85.7 cm³/mol. The molecule has 0 aromatic rings. The fourth-order valence-corrected chi connectivity index (χ4v) is 3.60. The van der Waals surface area contributed by atoms with Crippen LogP contribution in [0.1, 0.15) is 60.3 Å². The van der Waals surface area contributed by atoms with Gasteiger partial charge in [0.15, 0.2) is 0 Å². The number of hydrogen-bond acceptors (Lipinski definition) is 2. The van der Waals surface area contributed by atoms with E-state index in [4.69, 9.17) is 0 Å². The molecule has 1 N–H and O–H groups in total. The lowest BCUT2D eigenvalue weighted by Gasteiger charge is -2.38. The van der Waals surface area contributed by atoms with Gasteiger partial charge in [0.2, 0.25) is 5.91 Å². The van der Waals surface area contributed by atoms with Gasteiger partial charge in [0.1, 0.15) is 0 Å². The quantitative estimate of drug-likeness (QED) is 0.839. The van der Waals surface area contributed by atoms with Crippen molar-refractivity contribution in [3.63, 3.8) is 0 Å². The molecule has 0 spiro atoms. The van der Waals surface area contributed by atoms with Crippen LogP contribution in [0, 0.1) is 17.3 Å². The minimum Gasteiger partial charge on any atom is -0.342 e. The van der Waals surface area contributed by atoms with Gasteiger partial charge in [-0.3, -0.25) is 4.79 Å². The number of nitrogens with zero attached hydrogens (tertiary/aromatic N) is 1. The van der Waals surface area contributed by atoms with Crippen molar-refractivity contribution in [2.45, 2.75) is 66.3 Å².